The molecule has 0 aliphatic heterocycles. The number of rotatable bonds is 3. The van der Waals surface area contributed by atoms with Crippen molar-refractivity contribution in [1.29, 1.82) is 0 Å². The zero-order valence-corrected chi connectivity index (χ0v) is 9.58. The normalized spacial score (nSPS) is 13.3. The first-order valence-electron chi connectivity index (χ1n) is 4.70. The van der Waals surface area contributed by atoms with Crippen molar-refractivity contribution in [2.24, 2.45) is 5.73 Å². The van der Waals surface area contributed by atoms with Gasteiger partial charge in [0, 0.05) is 6.07 Å². The number of hydrogen-bond donors (Lipinski definition) is 1. The Kier molecular flexibility index (Phi) is 3.77. The van der Waals surface area contributed by atoms with E-state index in [0.29, 0.717) is 12.0 Å². The minimum absolute atomic E-state index is 0.0509. The third-order valence-corrected chi connectivity index (χ3v) is 4.28. The van der Waals surface area contributed by atoms with Gasteiger partial charge in [0.2, 0.25) is 0 Å². The van der Waals surface area contributed by atoms with Crippen LogP contribution in [0.1, 0.15) is 5.56 Å². The first-order valence-corrected chi connectivity index (χ1v) is 7.68. The molecular formula is C10H15F2NSi. The number of nitrogens with two attached hydrogens (primary N) is 1. The quantitative estimate of drug-likeness (QED) is 0.765. The molecule has 2 N–H and O–H groups in total. The molecule has 1 unspecified atom stereocenters. The molecule has 0 amide bonds. The molecule has 0 aromatic heterocycles. The Bertz CT molecular complexity index is 315. The molecule has 0 aliphatic rings. The Morgan fingerprint density at radius 1 is 1.36 bits per heavy atom. The van der Waals surface area contributed by atoms with Gasteiger partial charge in [-0.1, -0.05) is 19.2 Å². The molecule has 0 fully saturated rings. The predicted octanol–water partition coefficient (Wildman–Crippen LogP) is 1.86. The minimum atomic E-state index is -0.950. The molecule has 1 aromatic carbocycles. The van der Waals surface area contributed by atoms with Crippen LogP contribution in [0.25, 0.3) is 0 Å². The molecule has 0 heterocycles. The first-order chi connectivity index (χ1) is 6.50. The molecule has 1 atom stereocenters. The second-order valence-electron chi connectivity index (χ2n) is 3.85. The summed E-state index contributed by atoms with van der Waals surface area (Å²) in [5, 5.41) is 0. The Labute approximate surface area is 84.5 Å². The van der Waals surface area contributed by atoms with E-state index in [-0.39, 0.29) is 5.67 Å². The Hall–Kier alpha value is -0.743. The van der Waals surface area contributed by atoms with E-state index in [1.165, 1.54) is 12.1 Å². The smallest absolute Gasteiger partial charge is 0.129 e. The number of hydrogen-bond acceptors (Lipinski definition) is 1. The highest BCUT2D eigenvalue weighted by molar-refractivity contribution is 6.57. The fourth-order valence-electron chi connectivity index (χ4n) is 1.18. The van der Waals surface area contributed by atoms with Gasteiger partial charge >= 0.3 is 0 Å². The van der Waals surface area contributed by atoms with Gasteiger partial charge in [-0.3, -0.25) is 0 Å². The maximum absolute atomic E-state index is 13.2. The predicted molar refractivity (Wildman–Crippen MR) is 56.9 cm³/mol. The summed E-state index contributed by atoms with van der Waals surface area (Å²) in [6, 6.07) is 3.65. The number of benzene rings is 1. The highest BCUT2D eigenvalue weighted by atomic mass is 28.3. The van der Waals surface area contributed by atoms with Crippen LogP contribution >= 0.6 is 0 Å². The van der Waals surface area contributed by atoms with Crippen LogP contribution in [0.4, 0.5) is 8.78 Å². The van der Waals surface area contributed by atoms with E-state index in [9.17, 15) is 8.78 Å². The van der Waals surface area contributed by atoms with Crippen LogP contribution in [-0.4, -0.2) is 14.5 Å². The van der Waals surface area contributed by atoms with Crippen LogP contribution in [0, 0.1) is 11.6 Å². The van der Waals surface area contributed by atoms with E-state index in [2.05, 4.69) is 13.1 Å². The maximum Gasteiger partial charge on any atom is 0.129 e. The molecule has 1 aromatic rings. The van der Waals surface area contributed by atoms with E-state index in [4.69, 9.17) is 5.73 Å². The van der Waals surface area contributed by atoms with Gasteiger partial charge < -0.3 is 5.73 Å². The van der Waals surface area contributed by atoms with Crippen molar-refractivity contribution in [3.63, 3.8) is 0 Å². The molecule has 0 radical (unpaired) electrons. The van der Waals surface area contributed by atoms with Crippen molar-refractivity contribution in [1.82, 2.24) is 0 Å². The van der Waals surface area contributed by atoms with Crippen molar-refractivity contribution in [2.45, 2.75) is 25.2 Å². The van der Waals surface area contributed by atoms with E-state index >= 15 is 0 Å². The molecule has 0 bridgehead atoms. The summed E-state index contributed by atoms with van der Waals surface area (Å²) in [4.78, 5) is 0. The fourth-order valence-corrected chi connectivity index (χ4v) is 1.90. The molecule has 1 rings (SSSR count). The molecule has 0 saturated heterocycles. The summed E-state index contributed by atoms with van der Waals surface area (Å²) in [7, 11) is -0.950. The third kappa shape index (κ3) is 2.89. The lowest BCUT2D eigenvalue weighted by Crippen LogP contribution is -2.36. The van der Waals surface area contributed by atoms with Crippen LogP contribution in [-0.2, 0) is 6.42 Å². The minimum Gasteiger partial charge on any atom is -0.330 e. The van der Waals surface area contributed by atoms with Gasteiger partial charge in [0.05, 0.1) is 8.80 Å². The van der Waals surface area contributed by atoms with Gasteiger partial charge in [-0.15, -0.1) is 0 Å². The summed E-state index contributed by atoms with van der Waals surface area (Å²) in [6.45, 7) is 4.23. The van der Waals surface area contributed by atoms with Crippen molar-refractivity contribution in [3.05, 3.63) is 35.4 Å². The van der Waals surface area contributed by atoms with Crippen molar-refractivity contribution < 1.29 is 8.78 Å². The van der Waals surface area contributed by atoms with E-state index in [1.807, 2.05) is 0 Å². The average Bonchev–Trinajstić information content (AvgIpc) is 2.09. The SMILES string of the molecule is C[SiH](C)C(N)Cc1ccc(F)cc1F. The standard InChI is InChI=1S/C10H15F2NSi/c1-14(2)10(13)5-7-3-4-8(11)6-9(7)12/h3-4,6,10,14H,5,13H2,1-2H3. The van der Waals surface area contributed by atoms with Gasteiger partial charge in [-0.05, 0) is 23.7 Å². The van der Waals surface area contributed by atoms with Crippen molar-refractivity contribution in [2.75, 3.05) is 0 Å². The first kappa shape index (κ1) is 11.3. The van der Waals surface area contributed by atoms with Crippen LogP contribution in [0.2, 0.25) is 13.1 Å². The summed E-state index contributed by atoms with van der Waals surface area (Å²) in [6.07, 6.45) is 0.510. The lowest BCUT2D eigenvalue weighted by Gasteiger charge is -2.14. The van der Waals surface area contributed by atoms with Crippen LogP contribution in [0.5, 0.6) is 0 Å². The summed E-state index contributed by atoms with van der Waals surface area (Å²) < 4.78 is 25.8. The summed E-state index contributed by atoms with van der Waals surface area (Å²) in [5.74, 6) is -1.03. The lowest BCUT2D eigenvalue weighted by atomic mass is 10.1. The Morgan fingerprint density at radius 3 is 2.50 bits per heavy atom. The summed E-state index contributed by atoms with van der Waals surface area (Å²) >= 11 is 0. The van der Waals surface area contributed by atoms with E-state index in [0.717, 1.165) is 6.07 Å². The molecular weight excluding hydrogens is 200 g/mol. The van der Waals surface area contributed by atoms with Crippen molar-refractivity contribution >= 4 is 8.80 Å². The van der Waals surface area contributed by atoms with Gasteiger partial charge in [0.25, 0.3) is 0 Å². The summed E-state index contributed by atoms with van der Waals surface area (Å²) in [5.41, 5.74) is 6.42. The molecule has 4 heteroatoms. The molecule has 1 nitrogen and oxygen atoms in total. The van der Waals surface area contributed by atoms with Crippen LogP contribution in [0.3, 0.4) is 0 Å². The monoisotopic (exact) mass is 215 g/mol. The fraction of sp³-hybridized carbons (Fsp3) is 0.400. The molecule has 0 saturated carbocycles. The zero-order valence-electron chi connectivity index (χ0n) is 8.43. The number of halogens is 2. The van der Waals surface area contributed by atoms with Crippen LogP contribution < -0.4 is 5.73 Å². The highest BCUT2D eigenvalue weighted by Gasteiger charge is 2.12. The second-order valence-corrected chi connectivity index (χ2v) is 7.19. The molecule has 0 aliphatic carbocycles. The average molecular weight is 215 g/mol. The van der Waals surface area contributed by atoms with Gasteiger partial charge in [-0.2, -0.15) is 0 Å². The molecule has 78 valence electrons. The lowest BCUT2D eigenvalue weighted by molar-refractivity contribution is 0.570. The molecule has 14 heavy (non-hydrogen) atoms. The van der Waals surface area contributed by atoms with Gasteiger partial charge in [-0.25, -0.2) is 8.78 Å². The van der Waals surface area contributed by atoms with Crippen molar-refractivity contribution in [3.8, 4) is 0 Å². The topological polar surface area (TPSA) is 26.0 Å². The molecule has 0 spiro atoms. The van der Waals surface area contributed by atoms with Gasteiger partial charge in [0.1, 0.15) is 11.6 Å². The Morgan fingerprint density at radius 2 is 2.00 bits per heavy atom. The third-order valence-electron chi connectivity index (χ3n) is 2.33. The Balaban J connectivity index is 2.77. The largest absolute Gasteiger partial charge is 0.330 e. The van der Waals surface area contributed by atoms with E-state index < -0.39 is 20.4 Å². The second kappa shape index (κ2) is 4.66. The van der Waals surface area contributed by atoms with E-state index in [1.54, 1.807) is 0 Å². The van der Waals surface area contributed by atoms with Gasteiger partial charge in [0.15, 0.2) is 0 Å². The zero-order chi connectivity index (χ0) is 10.7. The highest BCUT2D eigenvalue weighted by Crippen LogP contribution is 2.11. The maximum atomic E-state index is 13.2. The van der Waals surface area contributed by atoms with Crippen LogP contribution in [0.15, 0.2) is 18.2 Å².